The van der Waals surface area contributed by atoms with E-state index in [2.05, 4.69) is 0 Å². The molecule has 0 radical (unpaired) electrons. The minimum absolute atomic E-state index is 0.164. The van der Waals surface area contributed by atoms with Crippen molar-refractivity contribution in [1.82, 2.24) is 0 Å². The predicted molar refractivity (Wildman–Crippen MR) is 62.4 cm³/mol. The van der Waals surface area contributed by atoms with E-state index in [1.165, 1.54) is 12.1 Å². The fraction of sp³-hybridized carbons (Fsp3) is 0.538. The number of hydrogen-bond donors (Lipinski definition) is 1. The number of rotatable bonds is 4. The van der Waals surface area contributed by atoms with Crippen molar-refractivity contribution in [2.75, 3.05) is 0 Å². The van der Waals surface area contributed by atoms with Crippen LogP contribution in [0.4, 0.5) is 17.6 Å². The molecule has 18 heavy (non-hydrogen) atoms. The van der Waals surface area contributed by atoms with Gasteiger partial charge in [-0.1, -0.05) is 26.0 Å². The van der Waals surface area contributed by atoms with Crippen molar-refractivity contribution in [2.45, 2.75) is 38.9 Å². The quantitative estimate of drug-likeness (QED) is 0.806. The second-order valence-corrected chi connectivity index (χ2v) is 4.78. The Balaban J connectivity index is 3.05. The van der Waals surface area contributed by atoms with E-state index < -0.39 is 23.6 Å². The Bertz CT molecular complexity index is 398. The number of hydrogen-bond acceptors (Lipinski definition) is 1. The third-order valence-electron chi connectivity index (χ3n) is 2.78. The molecule has 2 N–H and O–H groups in total. The van der Waals surface area contributed by atoms with Crippen molar-refractivity contribution in [3.05, 3.63) is 35.1 Å². The van der Waals surface area contributed by atoms with E-state index in [1.807, 2.05) is 13.8 Å². The Labute approximate surface area is 104 Å². The van der Waals surface area contributed by atoms with E-state index >= 15 is 0 Å². The Hall–Kier alpha value is -1.10. The molecule has 1 aromatic carbocycles. The molecule has 0 saturated carbocycles. The van der Waals surface area contributed by atoms with E-state index in [9.17, 15) is 17.6 Å². The van der Waals surface area contributed by atoms with Gasteiger partial charge < -0.3 is 5.73 Å². The summed E-state index contributed by atoms with van der Waals surface area (Å²) in [7, 11) is 0. The fourth-order valence-electron chi connectivity index (χ4n) is 1.82. The highest BCUT2D eigenvalue weighted by Gasteiger charge is 2.37. The monoisotopic (exact) mass is 263 g/mol. The van der Waals surface area contributed by atoms with Crippen molar-refractivity contribution >= 4 is 0 Å². The summed E-state index contributed by atoms with van der Waals surface area (Å²) in [4.78, 5) is 0. The molecule has 1 atom stereocenters. The van der Waals surface area contributed by atoms with Crippen LogP contribution in [0.25, 0.3) is 0 Å². The Morgan fingerprint density at radius 2 is 1.78 bits per heavy atom. The van der Waals surface area contributed by atoms with Crippen LogP contribution in [-0.4, -0.2) is 0 Å². The molecule has 0 unspecified atom stereocenters. The molecule has 0 aliphatic rings. The molecule has 0 aliphatic carbocycles. The summed E-state index contributed by atoms with van der Waals surface area (Å²) in [5.74, 6) is -0.918. The van der Waals surface area contributed by atoms with Crippen LogP contribution in [0, 0.1) is 11.7 Å². The highest BCUT2D eigenvalue weighted by atomic mass is 19.4. The second-order valence-electron chi connectivity index (χ2n) is 4.78. The molecular formula is C13H17F4N. The highest BCUT2D eigenvalue weighted by molar-refractivity contribution is 5.33. The van der Waals surface area contributed by atoms with E-state index in [4.69, 9.17) is 5.73 Å². The van der Waals surface area contributed by atoms with E-state index in [-0.39, 0.29) is 5.56 Å². The zero-order chi connectivity index (χ0) is 13.9. The predicted octanol–water partition coefficient (Wildman–Crippen LogP) is 4.28. The standard InChI is InChI=1S/C13H17F4N/c1-8(2)6-7-11(18)9-4-3-5-10(14)12(9)13(15,16)17/h3-5,8,11H,6-7,18H2,1-2H3/t11-/m0/s1. The highest BCUT2D eigenvalue weighted by Crippen LogP contribution is 2.37. The van der Waals surface area contributed by atoms with Crippen molar-refractivity contribution < 1.29 is 17.6 Å². The van der Waals surface area contributed by atoms with E-state index in [0.717, 1.165) is 6.07 Å². The number of benzene rings is 1. The van der Waals surface area contributed by atoms with Crippen molar-refractivity contribution in [3.63, 3.8) is 0 Å². The van der Waals surface area contributed by atoms with Gasteiger partial charge in [0.2, 0.25) is 0 Å². The van der Waals surface area contributed by atoms with Gasteiger partial charge in [0.05, 0.1) is 5.56 Å². The average Bonchev–Trinajstić information content (AvgIpc) is 2.23. The van der Waals surface area contributed by atoms with Crippen LogP contribution < -0.4 is 5.73 Å². The number of alkyl halides is 3. The summed E-state index contributed by atoms with van der Waals surface area (Å²) >= 11 is 0. The SMILES string of the molecule is CC(C)CC[C@H](N)c1cccc(F)c1C(F)(F)F. The van der Waals surface area contributed by atoms with Gasteiger partial charge in [0.15, 0.2) is 0 Å². The van der Waals surface area contributed by atoms with Crippen LogP contribution in [0.3, 0.4) is 0 Å². The summed E-state index contributed by atoms with van der Waals surface area (Å²) < 4.78 is 51.6. The largest absolute Gasteiger partial charge is 0.419 e. The Morgan fingerprint density at radius 3 is 2.28 bits per heavy atom. The summed E-state index contributed by atoms with van der Waals surface area (Å²) in [5.41, 5.74) is 4.34. The maximum Gasteiger partial charge on any atom is 0.419 e. The molecular weight excluding hydrogens is 246 g/mol. The molecule has 5 heteroatoms. The number of nitrogens with two attached hydrogens (primary N) is 1. The van der Waals surface area contributed by atoms with Gasteiger partial charge in [0, 0.05) is 6.04 Å². The molecule has 0 aromatic heterocycles. The topological polar surface area (TPSA) is 26.0 Å². The van der Waals surface area contributed by atoms with Crippen LogP contribution >= 0.6 is 0 Å². The van der Waals surface area contributed by atoms with Crippen molar-refractivity contribution in [2.24, 2.45) is 11.7 Å². The van der Waals surface area contributed by atoms with Gasteiger partial charge in [-0.15, -0.1) is 0 Å². The Kier molecular flexibility index (Phi) is 4.73. The van der Waals surface area contributed by atoms with Gasteiger partial charge in [-0.05, 0) is 30.4 Å². The molecule has 0 saturated heterocycles. The van der Waals surface area contributed by atoms with Crippen LogP contribution in [0.1, 0.15) is 43.9 Å². The normalized spacial score (nSPS) is 14.0. The molecule has 1 aromatic rings. The van der Waals surface area contributed by atoms with Gasteiger partial charge in [-0.2, -0.15) is 13.2 Å². The summed E-state index contributed by atoms with van der Waals surface area (Å²) in [6.45, 7) is 3.92. The summed E-state index contributed by atoms with van der Waals surface area (Å²) in [6, 6.07) is 2.52. The first-order chi connectivity index (χ1) is 8.23. The van der Waals surface area contributed by atoms with Gasteiger partial charge in [-0.3, -0.25) is 0 Å². The first-order valence-corrected chi connectivity index (χ1v) is 5.84. The smallest absolute Gasteiger partial charge is 0.324 e. The first kappa shape index (κ1) is 15.0. The molecule has 0 aliphatic heterocycles. The maximum absolute atomic E-state index is 13.3. The second kappa shape index (κ2) is 5.69. The fourth-order valence-corrected chi connectivity index (χ4v) is 1.82. The minimum Gasteiger partial charge on any atom is -0.324 e. The first-order valence-electron chi connectivity index (χ1n) is 5.84. The van der Waals surface area contributed by atoms with Gasteiger partial charge in [-0.25, -0.2) is 4.39 Å². The lowest BCUT2D eigenvalue weighted by molar-refractivity contribution is -0.140. The van der Waals surface area contributed by atoms with Gasteiger partial charge in [0.1, 0.15) is 5.82 Å². The molecule has 0 amide bonds. The summed E-state index contributed by atoms with van der Waals surface area (Å²) in [6.07, 6.45) is -3.60. The molecule has 0 heterocycles. The van der Waals surface area contributed by atoms with Gasteiger partial charge in [0.25, 0.3) is 0 Å². The maximum atomic E-state index is 13.3. The van der Waals surface area contributed by atoms with Crippen molar-refractivity contribution in [1.29, 1.82) is 0 Å². The average molecular weight is 263 g/mol. The minimum atomic E-state index is -4.71. The third-order valence-corrected chi connectivity index (χ3v) is 2.78. The molecule has 1 rings (SSSR count). The number of halogens is 4. The molecule has 0 spiro atoms. The Morgan fingerprint density at radius 1 is 1.17 bits per heavy atom. The molecule has 102 valence electrons. The summed E-state index contributed by atoms with van der Waals surface area (Å²) in [5, 5.41) is 0. The third kappa shape index (κ3) is 3.70. The van der Waals surface area contributed by atoms with Crippen LogP contribution in [0.15, 0.2) is 18.2 Å². The van der Waals surface area contributed by atoms with E-state index in [1.54, 1.807) is 0 Å². The van der Waals surface area contributed by atoms with Crippen LogP contribution in [0.5, 0.6) is 0 Å². The van der Waals surface area contributed by atoms with Crippen molar-refractivity contribution in [3.8, 4) is 0 Å². The molecule has 1 nitrogen and oxygen atoms in total. The zero-order valence-electron chi connectivity index (χ0n) is 10.4. The van der Waals surface area contributed by atoms with Gasteiger partial charge >= 0.3 is 6.18 Å². The zero-order valence-corrected chi connectivity index (χ0v) is 10.4. The lowest BCUT2D eigenvalue weighted by Crippen LogP contribution is -2.19. The van der Waals surface area contributed by atoms with Crippen LogP contribution in [0.2, 0.25) is 0 Å². The lowest BCUT2D eigenvalue weighted by Gasteiger charge is -2.19. The lowest BCUT2D eigenvalue weighted by atomic mass is 9.94. The molecule has 0 bridgehead atoms. The molecule has 0 fully saturated rings. The van der Waals surface area contributed by atoms with Crippen LogP contribution in [-0.2, 0) is 6.18 Å². The van der Waals surface area contributed by atoms with E-state index in [0.29, 0.717) is 18.8 Å².